The zero-order chi connectivity index (χ0) is 12.1. The summed E-state index contributed by atoms with van der Waals surface area (Å²) in [6.45, 7) is 3.13. The summed E-state index contributed by atoms with van der Waals surface area (Å²) in [7, 11) is 0. The van der Waals surface area contributed by atoms with Crippen molar-refractivity contribution in [2.75, 3.05) is 11.9 Å². The van der Waals surface area contributed by atoms with Crippen molar-refractivity contribution in [2.24, 2.45) is 0 Å². The Morgan fingerprint density at radius 1 is 1.47 bits per heavy atom. The van der Waals surface area contributed by atoms with Crippen LogP contribution in [0.5, 0.6) is 0 Å². The van der Waals surface area contributed by atoms with E-state index in [9.17, 15) is 0 Å². The van der Waals surface area contributed by atoms with Crippen molar-refractivity contribution in [3.8, 4) is 0 Å². The number of alkyl halides is 1. The molecule has 0 amide bonds. The van der Waals surface area contributed by atoms with Crippen LogP contribution in [-0.4, -0.2) is 18.0 Å². The second kappa shape index (κ2) is 6.55. The summed E-state index contributed by atoms with van der Waals surface area (Å²) in [5.41, 5.74) is 2.81. The summed E-state index contributed by atoms with van der Waals surface area (Å²) in [6.07, 6.45) is 5.43. The van der Waals surface area contributed by atoms with E-state index in [0.29, 0.717) is 12.0 Å². The van der Waals surface area contributed by atoms with Crippen LogP contribution in [-0.2, 0) is 4.74 Å². The molecule has 0 N–H and O–H groups in total. The van der Waals surface area contributed by atoms with E-state index in [2.05, 4.69) is 47.1 Å². The fourth-order valence-electron chi connectivity index (χ4n) is 2.52. The molecule has 1 aliphatic rings. The van der Waals surface area contributed by atoms with Gasteiger partial charge >= 0.3 is 0 Å². The van der Waals surface area contributed by atoms with Gasteiger partial charge in [0.05, 0.1) is 6.10 Å². The predicted molar refractivity (Wildman–Crippen MR) is 75.9 cm³/mol. The van der Waals surface area contributed by atoms with Crippen molar-refractivity contribution >= 4 is 15.9 Å². The van der Waals surface area contributed by atoms with E-state index in [1.54, 1.807) is 0 Å². The fourth-order valence-corrected chi connectivity index (χ4v) is 3.21. The van der Waals surface area contributed by atoms with E-state index in [4.69, 9.17) is 4.74 Å². The average molecular weight is 297 g/mol. The lowest BCUT2D eigenvalue weighted by Crippen LogP contribution is -2.09. The van der Waals surface area contributed by atoms with Crippen LogP contribution in [0.1, 0.15) is 42.7 Å². The van der Waals surface area contributed by atoms with E-state index in [1.165, 1.54) is 36.8 Å². The van der Waals surface area contributed by atoms with Gasteiger partial charge in [0.25, 0.3) is 0 Å². The molecule has 1 heterocycles. The molecule has 1 saturated heterocycles. The molecule has 2 heteroatoms. The third-order valence-electron chi connectivity index (χ3n) is 3.56. The normalized spacial score (nSPS) is 21.6. The topological polar surface area (TPSA) is 9.23 Å². The Kier molecular flexibility index (Phi) is 5.05. The van der Waals surface area contributed by atoms with Crippen LogP contribution in [0, 0.1) is 6.92 Å². The second-order valence-electron chi connectivity index (χ2n) is 4.98. The maximum Gasteiger partial charge on any atom is 0.0576 e. The van der Waals surface area contributed by atoms with Crippen LogP contribution in [0.3, 0.4) is 0 Å². The summed E-state index contributed by atoms with van der Waals surface area (Å²) in [5, 5.41) is 1.04. The number of hydrogen-bond donors (Lipinski definition) is 0. The number of hydrogen-bond acceptors (Lipinski definition) is 1. The zero-order valence-electron chi connectivity index (χ0n) is 10.5. The van der Waals surface area contributed by atoms with Crippen molar-refractivity contribution in [1.82, 2.24) is 0 Å². The molecule has 0 bridgehead atoms. The molecule has 2 atom stereocenters. The molecule has 1 aliphatic heterocycles. The van der Waals surface area contributed by atoms with Crippen molar-refractivity contribution in [3.05, 3.63) is 35.4 Å². The van der Waals surface area contributed by atoms with Gasteiger partial charge in [-0.15, -0.1) is 0 Å². The lowest BCUT2D eigenvalue weighted by Gasteiger charge is -2.17. The summed E-state index contributed by atoms with van der Waals surface area (Å²) < 4.78 is 5.69. The highest BCUT2D eigenvalue weighted by molar-refractivity contribution is 9.09. The van der Waals surface area contributed by atoms with Gasteiger partial charge in [0.2, 0.25) is 0 Å². The van der Waals surface area contributed by atoms with E-state index in [0.717, 1.165) is 11.9 Å². The largest absolute Gasteiger partial charge is 0.378 e. The number of halogens is 1. The van der Waals surface area contributed by atoms with E-state index >= 15 is 0 Å². The van der Waals surface area contributed by atoms with Crippen molar-refractivity contribution in [3.63, 3.8) is 0 Å². The molecule has 17 heavy (non-hydrogen) atoms. The molecule has 0 aromatic heterocycles. The van der Waals surface area contributed by atoms with Gasteiger partial charge in [-0.2, -0.15) is 0 Å². The van der Waals surface area contributed by atoms with Gasteiger partial charge in [0, 0.05) is 11.9 Å². The van der Waals surface area contributed by atoms with Gasteiger partial charge < -0.3 is 4.74 Å². The van der Waals surface area contributed by atoms with Crippen LogP contribution < -0.4 is 0 Å². The van der Waals surface area contributed by atoms with Gasteiger partial charge in [-0.05, 0) is 44.1 Å². The van der Waals surface area contributed by atoms with E-state index in [-0.39, 0.29) is 0 Å². The molecule has 1 fully saturated rings. The van der Waals surface area contributed by atoms with Crippen LogP contribution in [0.15, 0.2) is 24.3 Å². The lowest BCUT2D eigenvalue weighted by molar-refractivity contribution is 0.101. The minimum Gasteiger partial charge on any atom is -0.378 e. The minimum absolute atomic E-state index is 0.515. The Hall–Kier alpha value is -0.340. The average Bonchev–Trinajstić information content (AvgIpc) is 2.83. The predicted octanol–water partition coefficient (Wildman–Crippen LogP) is 4.43. The van der Waals surface area contributed by atoms with Crippen molar-refractivity contribution in [1.29, 1.82) is 0 Å². The lowest BCUT2D eigenvalue weighted by atomic mass is 9.93. The third kappa shape index (κ3) is 3.82. The first-order valence-electron chi connectivity index (χ1n) is 6.53. The molecule has 1 aromatic carbocycles. The molecule has 0 aliphatic carbocycles. The van der Waals surface area contributed by atoms with Crippen molar-refractivity contribution < 1.29 is 4.74 Å². The number of rotatable bonds is 5. The SMILES string of the molecule is Cc1cccc(C(CBr)CCC2CCCO2)c1. The first-order chi connectivity index (χ1) is 8.29. The van der Waals surface area contributed by atoms with Crippen molar-refractivity contribution in [2.45, 2.75) is 44.6 Å². The maximum absolute atomic E-state index is 5.69. The molecular weight excluding hydrogens is 276 g/mol. The second-order valence-corrected chi connectivity index (χ2v) is 5.63. The molecule has 2 rings (SSSR count). The monoisotopic (exact) mass is 296 g/mol. The van der Waals surface area contributed by atoms with Crippen LogP contribution in [0.4, 0.5) is 0 Å². The molecule has 2 unspecified atom stereocenters. The third-order valence-corrected chi connectivity index (χ3v) is 4.34. The Bertz CT molecular complexity index is 345. The first kappa shape index (κ1) is 13.1. The van der Waals surface area contributed by atoms with Crippen LogP contribution in [0.25, 0.3) is 0 Å². The van der Waals surface area contributed by atoms with E-state index < -0.39 is 0 Å². The Morgan fingerprint density at radius 2 is 2.35 bits per heavy atom. The highest BCUT2D eigenvalue weighted by Gasteiger charge is 2.18. The molecular formula is C15H21BrO. The molecule has 0 saturated carbocycles. The first-order valence-corrected chi connectivity index (χ1v) is 7.66. The summed E-state index contributed by atoms with van der Waals surface area (Å²) in [5.74, 6) is 0.624. The Morgan fingerprint density at radius 3 is 3.00 bits per heavy atom. The van der Waals surface area contributed by atoms with Gasteiger partial charge in [-0.3, -0.25) is 0 Å². The van der Waals surface area contributed by atoms with Gasteiger partial charge in [-0.1, -0.05) is 45.8 Å². The molecule has 1 nitrogen and oxygen atoms in total. The van der Waals surface area contributed by atoms with Crippen LogP contribution >= 0.6 is 15.9 Å². The standard InChI is InChI=1S/C15H21BrO/c1-12-4-2-5-13(10-12)14(11-16)7-8-15-6-3-9-17-15/h2,4-5,10,14-15H,3,6-9,11H2,1H3. The zero-order valence-corrected chi connectivity index (χ0v) is 12.1. The number of aryl methyl sites for hydroxylation is 1. The highest BCUT2D eigenvalue weighted by Crippen LogP contribution is 2.27. The molecule has 0 radical (unpaired) electrons. The smallest absolute Gasteiger partial charge is 0.0576 e. The molecule has 94 valence electrons. The highest BCUT2D eigenvalue weighted by atomic mass is 79.9. The summed E-state index contributed by atoms with van der Waals surface area (Å²) in [6, 6.07) is 8.87. The van der Waals surface area contributed by atoms with Crippen LogP contribution in [0.2, 0.25) is 0 Å². The Labute approximate surface area is 113 Å². The van der Waals surface area contributed by atoms with E-state index in [1.807, 2.05) is 0 Å². The minimum atomic E-state index is 0.515. The Balaban J connectivity index is 1.91. The number of benzene rings is 1. The summed E-state index contributed by atoms with van der Waals surface area (Å²) >= 11 is 3.65. The number of ether oxygens (including phenoxy) is 1. The fraction of sp³-hybridized carbons (Fsp3) is 0.600. The quantitative estimate of drug-likeness (QED) is 0.730. The molecule has 1 aromatic rings. The molecule has 0 spiro atoms. The van der Waals surface area contributed by atoms with Gasteiger partial charge in [0.15, 0.2) is 0 Å². The van der Waals surface area contributed by atoms with Gasteiger partial charge in [0.1, 0.15) is 0 Å². The maximum atomic E-state index is 5.69. The van der Waals surface area contributed by atoms with Gasteiger partial charge in [-0.25, -0.2) is 0 Å². The summed E-state index contributed by atoms with van der Waals surface area (Å²) in [4.78, 5) is 0.